The van der Waals surface area contributed by atoms with Gasteiger partial charge in [-0.1, -0.05) is 5.16 Å². The lowest BCUT2D eigenvalue weighted by Crippen LogP contribution is -1.91. The zero-order valence-corrected chi connectivity index (χ0v) is 11.2. The Bertz CT molecular complexity index is 677. The number of aromatic nitrogens is 4. The molecule has 0 unspecified atom stereocenters. The van der Waals surface area contributed by atoms with Crippen LogP contribution in [-0.2, 0) is 0 Å². The second-order valence-corrected chi connectivity index (χ2v) is 4.84. The first-order chi connectivity index (χ1) is 8.74. The standard InChI is InChI=1S/C11H8IN5O/c12-6-1-2-8(13)7(5-6)11-16-10(17-18-11)9-14-3-4-15-9/h1-5H,13H2,(H,14,15). The molecule has 3 N–H and O–H groups in total. The molecule has 2 heterocycles. The summed E-state index contributed by atoms with van der Waals surface area (Å²) in [6.45, 7) is 0. The predicted octanol–water partition coefficient (Wildman–Crippen LogP) is 2.31. The minimum absolute atomic E-state index is 0.386. The zero-order valence-electron chi connectivity index (χ0n) is 9.09. The van der Waals surface area contributed by atoms with Gasteiger partial charge in [0.25, 0.3) is 5.89 Å². The van der Waals surface area contributed by atoms with Gasteiger partial charge in [0.05, 0.1) is 5.56 Å². The molecule has 0 saturated carbocycles. The highest BCUT2D eigenvalue weighted by Crippen LogP contribution is 2.27. The lowest BCUT2D eigenvalue weighted by atomic mass is 10.2. The maximum atomic E-state index is 5.89. The predicted molar refractivity (Wildman–Crippen MR) is 74.4 cm³/mol. The van der Waals surface area contributed by atoms with E-state index in [2.05, 4.69) is 42.7 Å². The van der Waals surface area contributed by atoms with Gasteiger partial charge >= 0.3 is 0 Å². The fourth-order valence-electron chi connectivity index (χ4n) is 1.53. The largest absolute Gasteiger partial charge is 0.398 e. The van der Waals surface area contributed by atoms with Gasteiger partial charge in [-0.2, -0.15) is 4.98 Å². The molecular formula is C11H8IN5O. The summed E-state index contributed by atoms with van der Waals surface area (Å²) >= 11 is 2.20. The Balaban J connectivity index is 2.05. The van der Waals surface area contributed by atoms with Crippen LogP contribution in [0.25, 0.3) is 23.1 Å². The molecule has 0 saturated heterocycles. The average Bonchev–Trinajstić information content (AvgIpc) is 3.00. The molecule has 1 aromatic carbocycles. The Labute approximate surface area is 116 Å². The van der Waals surface area contributed by atoms with Gasteiger partial charge < -0.3 is 15.2 Å². The molecule has 0 aliphatic rings. The first-order valence-corrected chi connectivity index (χ1v) is 6.21. The molecule has 0 bridgehead atoms. The summed E-state index contributed by atoms with van der Waals surface area (Å²) in [6, 6.07) is 5.63. The number of nitrogens with one attached hydrogen (secondary N) is 1. The maximum Gasteiger partial charge on any atom is 0.260 e. The van der Waals surface area contributed by atoms with Crippen molar-refractivity contribution in [2.45, 2.75) is 0 Å². The molecule has 3 aromatic rings. The monoisotopic (exact) mass is 353 g/mol. The van der Waals surface area contributed by atoms with Crippen molar-refractivity contribution in [3.8, 4) is 23.1 Å². The normalized spacial score (nSPS) is 10.7. The van der Waals surface area contributed by atoms with Gasteiger partial charge in [-0.15, -0.1) is 0 Å². The van der Waals surface area contributed by atoms with Crippen molar-refractivity contribution < 1.29 is 4.52 Å². The van der Waals surface area contributed by atoms with E-state index >= 15 is 0 Å². The number of hydrogen-bond acceptors (Lipinski definition) is 5. The van der Waals surface area contributed by atoms with Crippen molar-refractivity contribution in [3.05, 3.63) is 34.2 Å². The van der Waals surface area contributed by atoms with Crippen LogP contribution in [-0.4, -0.2) is 20.1 Å². The van der Waals surface area contributed by atoms with Crippen LogP contribution in [0.4, 0.5) is 5.69 Å². The van der Waals surface area contributed by atoms with Gasteiger partial charge in [0.2, 0.25) is 5.82 Å². The number of anilines is 1. The quantitative estimate of drug-likeness (QED) is 0.545. The van der Waals surface area contributed by atoms with Crippen LogP contribution in [0, 0.1) is 3.57 Å². The minimum Gasteiger partial charge on any atom is -0.398 e. The number of halogens is 1. The van der Waals surface area contributed by atoms with Crippen molar-refractivity contribution >= 4 is 28.3 Å². The van der Waals surface area contributed by atoms with Gasteiger partial charge in [0, 0.05) is 21.7 Å². The molecule has 2 aromatic heterocycles. The lowest BCUT2D eigenvalue weighted by molar-refractivity contribution is 0.432. The van der Waals surface area contributed by atoms with E-state index in [9.17, 15) is 0 Å². The Morgan fingerprint density at radius 3 is 3.00 bits per heavy atom. The number of nitrogens with zero attached hydrogens (tertiary/aromatic N) is 3. The Kier molecular flexibility index (Phi) is 2.74. The summed E-state index contributed by atoms with van der Waals surface area (Å²) in [6.07, 6.45) is 3.33. The number of nitrogen functional groups attached to an aromatic ring is 1. The Morgan fingerprint density at radius 1 is 1.33 bits per heavy atom. The molecular weight excluding hydrogens is 345 g/mol. The summed E-state index contributed by atoms with van der Waals surface area (Å²) in [4.78, 5) is 11.2. The highest BCUT2D eigenvalue weighted by Gasteiger charge is 2.14. The second-order valence-electron chi connectivity index (χ2n) is 3.59. The van der Waals surface area contributed by atoms with E-state index in [-0.39, 0.29) is 0 Å². The van der Waals surface area contributed by atoms with E-state index in [0.717, 1.165) is 9.13 Å². The summed E-state index contributed by atoms with van der Waals surface area (Å²) in [7, 11) is 0. The molecule has 0 amide bonds. The lowest BCUT2D eigenvalue weighted by Gasteiger charge is -2.00. The third-order valence-corrected chi connectivity index (χ3v) is 3.05. The molecule has 0 radical (unpaired) electrons. The molecule has 6 nitrogen and oxygen atoms in total. The number of nitrogens with two attached hydrogens (primary N) is 1. The molecule has 0 spiro atoms. The average molecular weight is 353 g/mol. The van der Waals surface area contributed by atoms with E-state index in [1.807, 2.05) is 18.2 Å². The Hall–Kier alpha value is -1.90. The van der Waals surface area contributed by atoms with Crippen LogP contribution in [0.3, 0.4) is 0 Å². The minimum atomic E-state index is 0.386. The molecule has 3 rings (SSSR count). The third-order valence-electron chi connectivity index (χ3n) is 2.38. The number of hydrogen-bond donors (Lipinski definition) is 2. The Morgan fingerprint density at radius 2 is 2.22 bits per heavy atom. The van der Waals surface area contributed by atoms with Gasteiger partial charge in [-0.05, 0) is 40.8 Å². The topological polar surface area (TPSA) is 93.6 Å². The summed E-state index contributed by atoms with van der Waals surface area (Å²) in [5.74, 6) is 1.36. The second kappa shape index (κ2) is 4.41. The number of rotatable bonds is 2. The SMILES string of the molecule is Nc1ccc(I)cc1-c1nc(-c2ncc[nH]2)no1. The third kappa shape index (κ3) is 1.96. The van der Waals surface area contributed by atoms with Crippen molar-refractivity contribution in [1.82, 2.24) is 20.1 Å². The van der Waals surface area contributed by atoms with Crippen LogP contribution in [0.15, 0.2) is 35.1 Å². The number of imidazole rings is 1. The highest BCUT2D eigenvalue weighted by atomic mass is 127. The van der Waals surface area contributed by atoms with Gasteiger partial charge in [-0.3, -0.25) is 0 Å². The maximum absolute atomic E-state index is 5.89. The van der Waals surface area contributed by atoms with Crippen LogP contribution in [0.1, 0.15) is 0 Å². The molecule has 18 heavy (non-hydrogen) atoms. The molecule has 0 aliphatic carbocycles. The molecule has 0 fully saturated rings. The fraction of sp³-hybridized carbons (Fsp3) is 0. The van der Waals surface area contributed by atoms with E-state index in [1.165, 1.54) is 0 Å². The highest BCUT2D eigenvalue weighted by molar-refractivity contribution is 14.1. The summed E-state index contributed by atoms with van der Waals surface area (Å²) in [5.41, 5.74) is 7.23. The van der Waals surface area contributed by atoms with Gasteiger partial charge in [0.15, 0.2) is 5.82 Å². The van der Waals surface area contributed by atoms with Crippen molar-refractivity contribution in [2.24, 2.45) is 0 Å². The number of H-pyrrole nitrogens is 1. The van der Waals surface area contributed by atoms with Crippen molar-refractivity contribution in [1.29, 1.82) is 0 Å². The summed E-state index contributed by atoms with van der Waals surface area (Å²) < 4.78 is 6.26. The molecule has 90 valence electrons. The van der Waals surface area contributed by atoms with Crippen LogP contribution in [0.5, 0.6) is 0 Å². The van der Waals surface area contributed by atoms with E-state index in [4.69, 9.17) is 10.3 Å². The zero-order chi connectivity index (χ0) is 12.5. The summed E-state index contributed by atoms with van der Waals surface area (Å²) in [5, 5.41) is 3.87. The number of aromatic amines is 1. The van der Waals surface area contributed by atoms with Crippen molar-refractivity contribution in [3.63, 3.8) is 0 Å². The smallest absolute Gasteiger partial charge is 0.260 e. The van der Waals surface area contributed by atoms with Crippen molar-refractivity contribution in [2.75, 3.05) is 5.73 Å². The van der Waals surface area contributed by atoms with E-state index in [0.29, 0.717) is 23.2 Å². The molecule has 0 atom stereocenters. The van der Waals surface area contributed by atoms with E-state index in [1.54, 1.807) is 12.4 Å². The van der Waals surface area contributed by atoms with Gasteiger partial charge in [-0.25, -0.2) is 4.98 Å². The first-order valence-electron chi connectivity index (χ1n) is 5.13. The molecule has 0 aliphatic heterocycles. The van der Waals surface area contributed by atoms with Gasteiger partial charge in [0.1, 0.15) is 0 Å². The molecule has 7 heteroatoms. The fourth-order valence-corrected chi connectivity index (χ4v) is 2.02. The first kappa shape index (κ1) is 11.2. The van der Waals surface area contributed by atoms with Crippen LogP contribution in [0.2, 0.25) is 0 Å². The van der Waals surface area contributed by atoms with Crippen LogP contribution < -0.4 is 5.73 Å². The van der Waals surface area contributed by atoms with E-state index < -0.39 is 0 Å². The van der Waals surface area contributed by atoms with Crippen LogP contribution >= 0.6 is 22.6 Å². The number of benzene rings is 1.